The zero-order valence-electron chi connectivity index (χ0n) is 14.1. The van der Waals surface area contributed by atoms with Crippen molar-refractivity contribution in [1.29, 1.82) is 0 Å². The Balaban J connectivity index is 1.39. The Morgan fingerprint density at radius 1 is 1.32 bits per heavy atom. The number of halogens is 2. The van der Waals surface area contributed by atoms with Crippen LogP contribution in [0, 0.1) is 17.6 Å². The molecule has 6 heteroatoms. The number of nitrogens with zero attached hydrogens (tertiary/aromatic N) is 1. The molecular formula is C19H24F2N2O2. The van der Waals surface area contributed by atoms with Crippen LogP contribution in [0.4, 0.5) is 8.78 Å². The molecule has 0 aliphatic heterocycles. The van der Waals surface area contributed by atoms with E-state index in [1.165, 1.54) is 25.0 Å². The quantitative estimate of drug-likeness (QED) is 0.719. The molecule has 2 fully saturated rings. The molecule has 0 unspecified atom stereocenters. The summed E-state index contributed by atoms with van der Waals surface area (Å²) in [6, 6.07) is 4.24. The average Bonchev–Trinajstić information content (AvgIpc) is 3.30. The van der Waals surface area contributed by atoms with E-state index < -0.39 is 17.6 Å². The molecule has 0 bridgehead atoms. The van der Waals surface area contributed by atoms with Crippen molar-refractivity contribution in [2.75, 3.05) is 19.6 Å². The third-order valence-electron chi connectivity index (χ3n) is 4.94. The summed E-state index contributed by atoms with van der Waals surface area (Å²) in [6.45, 7) is 1.63. The van der Waals surface area contributed by atoms with E-state index in [4.69, 9.17) is 5.11 Å². The minimum Gasteiger partial charge on any atom is -0.480 e. The van der Waals surface area contributed by atoms with Crippen LogP contribution >= 0.6 is 0 Å². The molecule has 136 valence electrons. The van der Waals surface area contributed by atoms with E-state index in [0.717, 1.165) is 25.5 Å². The van der Waals surface area contributed by atoms with Crippen molar-refractivity contribution in [3.8, 4) is 0 Å². The summed E-state index contributed by atoms with van der Waals surface area (Å²) in [4.78, 5) is 13.1. The van der Waals surface area contributed by atoms with Gasteiger partial charge in [0, 0.05) is 36.8 Å². The van der Waals surface area contributed by atoms with Crippen molar-refractivity contribution in [2.45, 2.75) is 37.8 Å². The van der Waals surface area contributed by atoms with Gasteiger partial charge in [-0.1, -0.05) is 12.2 Å². The summed E-state index contributed by atoms with van der Waals surface area (Å²) < 4.78 is 26.3. The maximum absolute atomic E-state index is 13.5. The van der Waals surface area contributed by atoms with Gasteiger partial charge in [0.2, 0.25) is 0 Å². The van der Waals surface area contributed by atoms with Gasteiger partial charge in [0.05, 0.1) is 6.54 Å². The molecule has 4 nitrogen and oxygen atoms in total. The van der Waals surface area contributed by atoms with Crippen molar-refractivity contribution in [3.63, 3.8) is 0 Å². The van der Waals surface area contributed by atoms with Gasteiger partial charge in [-0.15, -0.1) is 0 Å². The second kappa shape index (κ2) is 8.06. The van der Waals surface area contributed by atoms with Crippen LogP contribution in [0.15, 0.2) is 24.3 Å². The first kappa shape index (κ1) is 18.0. The lowest BCUT2D eigenvalue weighted by Gasteiger charge is -2.42. The maximum Gasteiger partial charge on any atom is 0.317 e. The molecule has 0 atom stereocenters. The van der Waals surface area contributed by atoms with Crippen LogP contribution in [-0.2, 0) is 4.79 Å². The summed E-state index contributed by atoms with van der Waals surface area (Å²) in [5.41, 5.74) is 0.367. The number of nitrogens with one attached hydrogen (secondary N) is 1. The van der Waals surface area contributed by atoms with E-state index in [9.17, 15) is 13.6 Å². The van der Waals surface area contributed by atoms with Crippen LogP contribution in [0.1, 0.15) is 31.2 Å². The first-order valence-electron chi connectivity index (χ1n) is 8.82. The fourth-order valence-electron chi connectivity index (χ4n) is 3.26. The van der Waals surface area contributed by atoms with Crippen LogP contribution in [0.2, 0.25) is 0 Å². The van der Waals surface area contributed by atoms with Crippen molar-refractivity contribution < 1.29 is 18.7 Å². The van der Waals surface area contributed by atoms with E-state index in [0.29, 0.717) is 30.1 Å². The minimum absolute atomic E-state index is 0.123. The SMILES string of the molecule is O=C(O)CN(CC1CC1)C1CC(NC/C=C/c2ccc(F)cc2F)C1. The third kappa shape index (κ3) is 5.34. The summed E-state index contributed by atoms with van der Waals surface area (Å²) in [7, 11) is 0. The monoisotopic (exact) mass is 350 g/mol. The molecular weight excluding hydrogens is 326 g/mol. The second-order valence-electron chi connectivity index (χ2n) is 7.07. The van der Waals surface area contributed by atoms with Crippen molar-refractivity contribution in [2.24, 2.45) is 5.92 Å². The van der Waals surface area contributed by atoms with Crippen LogP contribution in [-0.4, -0.2) is 47.7 Å². The Morgan fingerprint density at radius 3 is 2.72 bits per heavy atom. The fraction of sp³-hybridized carbons (Fsp3) is 0.526. The molecule has 0 heterocycles. The lowest BCUT2D eigenvalue weighted by Crippen LogP contribution is -2.54. The van der Waals surface area contributed by atoms with Crippen LogP contribution in [0.5, 0.6) is 0 Å². The molecule has 2 aliphatic carbocycles. The summed E-state index contributed by atoms with van der Waals surface area (Å²) in [5, 5.41) is 12.4. The largest absolute Gasteiger partial charge is 0.480 e. The highest BCUT2D eigenvalue weighted by molar-refractivity contribution is 5.69. The zero-order valence-corrected chi connectivity index (χ0v) is 14.1. The Kier molecular flexibility index (Phi) is 5.81. The van der Waals surface area contributed by atoms with Gasteiger partial charge in [-0.2, -0.15) is 0 Å². The average molecular weight is 350 g/mol. The molecule has 0 radical (unpaired) electrons. The number of benzene rings is 1. The Labute approximate surface area is 146 Å². The predicted octanol–water partition coefficient (Wildman–Crippen LogP) is 2.90. The molecule has 0 aromatic heterocycles. The molecule has 0 spiro atoms. The van der Waals surface area contributed by atoms with Gasteiger partial charge in [0.25, 0.3) is 0 Å². The Morgan fingerprint density at radius 2 is 2.08 bits per heavy atom. The van der Waals surface area contributed by atoms with Gasteiger partial charge >= 0.3 is 5.97 Å². The van der Waals surface area contributed by atoms with Crippen molar-refractivity contribution >= 4 is 12.0 Å². The Hall–Kier alpha value is -1.79. The van der Waals surface area contributed by atoms with Gasteiger partial charge in [-0.25, -0.2) is 8.78 Å². The minimum atomic E-state index is -0.763. The number of carbonyl (C=O) groups is 1. The fourth-order valence-corrected chi connectivity index (χ4v) is 3.26. The predicted molar refractivity (Wildman–Crippen MR) is 92.1 cm³/mol. The molecule has 2 N–H and O–H groups in total. The number of hydrogen-bond acceptors (Lipinski definition) is 3. The lowest BCUT2D eigenvalue weighted by molar-refractivity contribution is -0.139. The van der Waals surface area contributed by atoms with Crippen molar-refractivity contribution in [3.05, 3.63) is 41.5 Å². The van der Waals surface area contributed by atoms with E-state index in [1.807, 2.05) is 6.08 Å². The maximum atomic E-state index is 13.5. The van der Waals surface area contributed by atoms with E-state index in [-0.39, 0.29) is 6.54 Å². The van der Waals surface area contributed by atoms with Crippen LogP contribution in [0.25, 0.3) is 6.08 Å². The number of carboxylic acids is 1. The highest BCUT2D eigenvalue weighted by Crippen LogP contribution is 2.33. The van der Waals surface area contributed by atoms with Gasteiger partial charge in [0.15, 0.2) is 0 Å². The van der Waals surface area contributed by atoms with E-state index in [2.05, 4.69) is 10.2 Å². The Bertz CT molecular complexity index is 640. The first-order chi connectivity index (χ1) is 12.0. The second-order valence-corrected chi connectivity index (χ2v) is 7.07. The summed E-state index contributed by atoms with van der Waals surface area (Å²) in [6.07, 6.45) is 7.78. The molecule has 2 saturated carbocycles. The van der Waals surface area contributed by atoms with E-state index >= 15 is 0 Å². The normalized spacial score (nSPS) is 23.2. The van der Waals surface area contributed by atoms with E-state index in [1.54, 1.807) is 6.08 Å². The molecule has 1 aromatic rings. The van der Waals surface area contributed by atoms with Crippen LogP contribution < -0.4 is 5.32 Å². The first-order valence-corrected chi connectivity index (χ1v) is 8.82. The molecule has 0 saturated heterocycles. The number of hydrogen-bond donors (Lipinski definition) is 2. The molecule has 2 aliphatic rings. The zero-order chi connectivity index (χ0) is 17.8. The summed E-state index contributed by atoms with van der Waals surface area (Å²) >= 11 is 0. The smallest absolute Gasteiger partial charge is 0.317 e. The highest BCUT2D eigenvalue weighted by Gasteiger charge is 2.36. The molecule has 0 amide bonds. The number of aliphatic carboxylic acids is 1. The topological polar surface area (TPSA) is 52.6 Å². The molecule has 25 heavy (non-hydrogen) atoms. The number of carboxylic acid groups (broad SMARTS) is 1. The van der Waals surface area contributed by atoms with Gasteiger partial charge in [0.1, 0.15) is 11.6 Å². The van der Waals surface area contributed by atoms with Gasteiger partial charge in [-0.05, 0) is 43.7 Å². The van der Waals surface area contributed by atoms with Gasteiger partial charge < -0.3 is 10.4 Å². The molecule has 1 aromatic carbocycles. The molecule has 3 rings (SSSR count). The van der Waals surface area contributed by atoms with Gasteiger partial charge in [-0.3, -0.25) is 9.69 Å². The van der Waals surface area contributed by atoms with Crippen LogP contribution in [0.3, 0.4) is 0 Å². The highest BCUT2D eigenvalue weighted by atomic mass is 19.1. The number of rotatable bonds is 9. The third-order valence-corrected chi connectivity index (χ3v) is 4.94. The summed E-state index contributed by atoms with van der Waals surface area (Å²) in [5.74, 6) is -1.23. The van der Waals surface area contributed by atoms with Crippen molar-refractivity contribution in [1.82, 2.24) is 10.2 Å². The standard InChI is InChI=1S/C19H24F2N2O2/c20-15-6-5-14(18(21)8-15)2-1-7-22-16-9-17(10-16)23(12-19(24)25)11-13-3-4-13/h1-2,5-6,8,13,16-17,22H,3-4,7,9-12H2,(H,24,25)/b2-1+. The lowest BCUT2D eigenvalue weighted by atomic mass is 9.85.